The third-order valence-electron chi connectivity index (χ3n) is 5.64. The molecule has 3 aromatic heterocycles. The van der Waals surface area contributed by atoms with Crippen molar-refractivity contribution in [3.05, 3.63) is 42.4 Å². The van der Waals surface area contributed by atoms with Gasteiger partial charge in [-0.15, -0.1) is 0 Å². The lowest BCUT2D eigenvalue weighted by molar-refractivity contribution is -0.117. The van der Waals surface area contributed by atoms with E-state index in [-0.39, 0.29) is 17.9 Å². The number of likely N-dealkylation sites (N-methyl/N-ethyl adjacent to an activating group) is 1. The van der Waals surface area contributed by atoms with Crippen LogP contribution in [0, 0.1) is 12.8 Å². The van der Waals surface area contributed by atoms with Gasteiger partial charge in [-0.25, -0.2) is 4.52 Å². The molecule has 150 valence electrons. The highest BCUT2D eigenvalue weighted by Gasteiger charge is 2.30. The number of carbonyl (C=O) groups excluding carboxylic acids is 1. The van der Waals surface area contributed by atoms with E-state index in [0.717, 1.165) is 60.6 Å². The molecule has 29 heavy (non-hydrogen) atoms. The van der Waals surface area contributed by atoms with Crippen LogP contribution in [0.5, 0.6) is 5.75 Å². The summed E-state index contributed by atoms with van der Waals surface area (Å²) in [6.07, 6.45) is 5.90. The molecule has 2 fully saturated rings. The van der Waals surface area contributed by atoms with E-state index in [0.29, 0.717) is 5.82 Å². The summed E-state index contributed by atoms with van der Waals surface area (Å²) in [5, 5.41) is 7.38. The number of hydrogen-bond donors (Lipinski definition) is 1. The monoisotopic (exact) mass is 391 g/mol. The van der Waals surface area contributed by atoms with E-state index in [1.54, 1.807) is 4.52 Å². The van der Waals surface area contributed by atoms with Crippen LogP contribution in [-0.4, -0.2) is 51.1 Å². The van der Waals surface area contributed by atoms with Crippen LogP contribution in [0.25, 0.3) is 16.6 Å². The normalized spacial score (nSPS) is 17.3. The Morgan fingerprint density at radius 3 is 2.86 bits per heavy atom. The standard InChI is InChI=1S/C22H25N5O2/c1-3-26-12-18(13-26)29-20-11-23-14(2)8-19(20)16-6-7-27-17(9-16)10-21(25-27)24-22(28)15-4-5-15/h6-11,15,18H,3-5,12-13H2,1-2H3,(H,24,25,28). The minimum Gasteiger partial charge on any atom is -0.485 e. The Morgan fingerprint density at radius 1 is 1.28 bits per heavy atom. The van der Waals surface area contributed by atoms with Crippen LogP contribution in [0.4, 0.5) is 5.82 Å². The molecule has 7 nitrogen and oxygen atoms in total. The second-order valence-corrected chi connectivity index (χ2v) is 7.99. The summed E-state index contributed by atoms with van der Waals surface area (Å²) >= 11 is 0. The van der Waals surface area contributed by atoms with Crippen LogP contribution in [0.3, 0.4) is 0 Å². The Labute approximate surface area is 169 Å². The van der Waals surface area contributed by atoms with Gasteiger partial charge in [-0.2, -0.15) is 5.10 Å². The van der Waals surface area contributed by atoms with Crippen molar-refractivity contribution in [3.63, 3.8) is 0 Å². The Hall–Kier alpha value is -2.93. The second-order valence-electron chi connectivity index (χ2n) is 7.99. The van der Waals surface area contributed by atoms with E-state index in [1.807, 2.05) is 31.5 Å². The molecule has 1 saturated carbocycles. The Morgan fingerprint density at radius 2 is 2.10 bits per heavy atom. The average molecular weight is 391 g/mol. The first-order valence-corrected chi connectivity index (χ1v) is 10.3. The van der Waals surface area contributed by atoms with Crippen LogP contribution in [0.2, 0.25) is 0 Å². The molecule has 1 N–H and O–H groups in total. The topological polar surface area (TPSA) is 71.8 Å². The molecule has 0 atom stereocenters. The number of amides is 1. The third-order valence-corrected chi connectivity index (χ3v) is 5.64. The van der Waals surface area contributed by atoms with Gasteiger partial charge >= 0.3 is 0 Å². The summed E-state index contributed by atoms with van der Waals surface area (Å²) in [6, 6.07) is 8.06. The summed E-state index contributed by atoms with van der Waals surface area (Å²) in [5.41, 5.74) is 3.95. The van der Waals surface area contributed by atoms with Crippen molar-refractivity contribution in [1.29, 1.82) is 0 Å². The van der Waals surface area contributed by atoms with Gasteiger partial charge in [0.1, 0.15) is 11.9 Å². The summed E-state index contributed by atoms with van der Waals surface area (Å²) < 4.78 is 8.03. The molecule has 0 radical (unpaired) electrons. The quantitative estimate of drug-likeness (QED) is 0.699. The number of pyridine rings is 2. The third kappa shape index (κ3) is 3.70. The fraction of sp³-hybridized carbons (Fsp3) is 0.409. The number of carbonyl (C=O) groups is 1. The largest absolute Gasteiger partial charge is 0.485 e. The highest BCUT2D eigenvalue weighted by Crippen LogP contribution is 2.33. The number of hydrogen-bond acceptors (Lipinski definition) is 5. The van der Waals surface area contributed by atoms with Gasteiger partial charge < -0.3 is 10.1 Å². The van der Waals surface area contributed by atoms with E-state index in [4.69, 9.17) is 4.74 Å². The predicted molar refractivity (Wildman–Crippen MR) is 111 cm³/mol. The van der Waals surface area contributed by atoms with Crippen molar-refractivity contribution in [1.82, 2.24) is 19.5 Å². The van der Waals surface area contributed by atoms with Crippen LogP contribution >= 0.6 is 0 Å². The highest BCUT2D eigenvalue weighted by molar-refractivity contribution is 5.93. The van der Waals surface area contributed by atoms with Gasteiger partial charge in [0.15, 0.2) is 5.82 Å². The van der Waals surface area contributed by atoms with Crippen molar-refractivity contribution in [3.8, 4) is 16.9 Å². The molecule has 7 heteroatoms. The molecule has 1 aliphatic carbocycles. The Bertz CT molecular complexity index is 1070. The zero-order chi connectivity index (χ0) is 20.0. The number of fused-ring (bicyclic) bond motifs is 1. The van der Waals surface area contributed by atoms with Gasteiger partial charge in [-0.1, -0.05) is 6.92 Å². The Balaban J connectivity index is 1.42. The number of rotatable bonds is 6. The molecule has 1 aliphatic heterocycles. The molecule has 0 bridgehead atoms. The number of aromatic nitrogens is 3. The fourth-order valence-electron chi connectivity index (χ4n) is 3.70. The van der Waals surface area contributed by atoms with E-state index < -0.39 is 0 Å². The maximum Gasteiger partial charge on any atom is 0.228 e. The van der Waals surface area contributed by atoms with Crippen molar-refractivity contribution in [2.24, 2.45) is 5.92 Å². The first kappa shape index (κ1) is 18.1. The van der Waals surface area contributed by atoms with Gasteiger partial charge in [-0.3, -0.25) is 14.7 Å². The predicted octanol–water partition coefficient (Wildman–Crippen LogP) is 3.14. The molecule has 0 spiro atoms. The number of ether oxygens (including phenoxy) is 1. The molecule has 0 aromatic carbocycles. The molecular formula is C22H25N5O2. The Kier molecular flexibility index (Phi) is 4.47. The molecular weight excluding hydrogens is 366 g/mol. The van der Waals surface area contributed by atoms with Gasteiger partial charge in [0.05, 0.1) is 11.7 Å². The van der Waals surface area contributed by atoms with Gasteiger partial charge in [-0.05, 0) is 50.1 Å². The molecule has 3 aromatic rings. The molecule has 0 unspecified atom stereocenters. The molecule has 4 heterocycles. The van der Waals surface area contributed by atoms with Gasteiger partial charge in [0.2, 0.25) is 5.91 Å². The highest BCUT2D eigenvalue weighted by atomic mass is 16.5. The maximum atomic E-state index is 12.0. The second kappa shape index (κ2) is 7.15. The minimum atomic E-state index is 0.0655. The van der Waals surface area contributed by atoms with E-state index >= 15 is 0 Å². The summed E-state index contributed by atoms with van der Waals surface area (Å²) in [5.74, 6) is 1.62. The summed E-state index contributed by atoms with van der Waals surface area (Å²) in [6.45, 7) is 7.11. The molecule has 5 rings (SSSR count). The average Bonchev–Trinajstić information content (AvgIpc) is 3.45. The lowest BCUT2D eigenvalue weighted by Gasteiger charge is -2.38. The smallest absolute Gasteiger partial charge is 0.228 e. The first-order chi connectivity index (χ1) is 14.1. The van der Waals surface area contributed by atoms with Crippen molar-refractivity contribution >= 4 is 17.2 Å². The summed E-state index contributed by atoms with van der Waals surface area (Å²) in [7, 11) is 0. The number of nitrogens with one attached hydrogen (secondary N) is 1. The van der Waals surface area contributed by atoms with Gasteiger partial charge in [0, 0.05) is 42.5 Å². The summed E-state index contributed by atoms with van der Waals surface area (Å²) in [4.78, 5) is 18.8. The lowest BCUT2D eigenvalue weighted by atomic mass is 10.1. The van der Waals surface area contributed by atoms with Gasteiger partial charge in [0.25, 0.3) is 0 Å². The van der Waals surface area contributed by atoms with E-state index in [9.17, 15) is 4.79 Å². The van der Waals surface area contributed by atoms with Crippen LogP contribution in [-0.2, 0) is 4.79 Å². The van der Waals surface area contributed by atoms with E-state index in [2.05, 4.69) is 39.4 Å². The van der Waals surface area contributed by atoms with Crippen LogP contribution in [0.15, 0.2) is 36.7 Å². The SMILES string of the molecule is CCN1CC(Oc2cnc(C)cc2-c2ccn3nc(NC(=O)C4CC4)cc3c2)C1. The first-order valence-electron chi connectivity index (χ1n) is 10.3. The maximum absolute atomic E-state index is 12.0. The van der Waals surface area contributed by atoms with Crippen molar-refractivity contribution in [2.75, 3.05) is 25.0 Å². The fourth-order valence-corrected chi connectivity index (χ4v) is 3.70. The van der Waals surface area contributed by atoms with Crippen LogP contribution in [0.1, 0.15) is 25.5 Å². The zero-order valence-electron chi connectivity index (χ0n) is 16.8. The minimum absolute atomic E-state index is 0.0655. The van der Waals surface area contributed by atoms with E-state index in [1.165, 1.54) is 0 Å². The molecule has 1 amide bonds. The van der Waals surface area contributed by atoms with Crippen molar-refractivity contribution in [2.45, 2.75) is 32.8 Å². The zero-order valence-corrected chi connectivity index (χ0v) is 16.8. The molecule has 2 aliphatic rings. The van der Waals surface area contributed by atoms with Crippen LogP contribution < -0.4 is 10.1 Å². The number of nitrogens with zero attached hydrogens (tertiary/aromatic N) is 4. The number of likely N-dealkylation sites (tertiary alicyclic amines) is 1. The molecule has 1 saturated heterocycles. The number of aryl methyl sites for hydroxylation is 1. The lowest BCUT2D eigenvalue weighted by Crippen LogP contribution is -2.53. The number of anilines is 1. The van der Waals surface area contributed by atoms with Crippen molar-refractivity contribution < 1.29 is 9.53 Å².